The normalized spacial score (nSPS) is 27.4. The van der Waals surface area contributed by atoms with E-state index in [4.69, 9.17) is 4.74 Å². The number of methoxy groups -OCH3 is 1. The van der Waals surface area contributed by atoms with Gasteiger partial charge in [-0.25, -0.2) is 16.8 Å². The second-order valence-electron chi connectivity index (χ2n) is 6.92. The maximum absolute atomic E-state index is 13.0. The molecule has 1 aromatic carbocycles. The van der Waals surface area contributed by atoms with E-state index in [0.29, 0.717) is 37.2 Å². The smallest absolute Gasteiger partial charge is 0.243 e. The van der Waals surface area contributed by atoms with Crippen molar-refractivity contribution in [3.63, 3.8) is 0 Å². The number of nitrogens with zero attached hydrogens (tertiary/aromatic N) is 1. The standard InChI is InChI=1S/C16H23NO5S2/c1-13-10-14(22-2)4-5-15(13)24(20,21)17-8-3-6-16(11-17)7-9-23(18,19)12-16/h4-5,10H,3,6-9,11-12H2,1-2H3. The van der Waals surface area contributed by atoms with Crippen LogP contribution in [0.5, 0.6) is 5.75 Å². The molecule has 0 saturated carbocycles. The first-order valence-electron chi connectivity index (χ1n) is 8.03. The number of ether oxygens (including phenoxy) is 1. The molecule has 8 heteroatoms. The summed E-state index contributed by atoms with van der Waals surface area (Å²) in [5.74, 6) is 0.888. The first-order chi connectivity index (χ1) is 11.2. The largest absolute Gasteiger partial charge is 0.497 e. The van der Waals surface area contributed by atoms with Crippen molar-refractivity contribution in [2.75, 3.05) is 31.7 Å². The lowest BCUT2D eigenvalue weighted by Gasteiger charge is -2.39. The number of sulfone groups is 1. The van der Waals surface area contributed by atoms with Crippen molar-refractivity contribution in [1.82, 2.24) is 4.31 Å². The molecule has 6 nitrogen and oxygen atoms in total. The predicted octanol–water partition coefficient (Wildman–Crippen LogP) is 1.59. The summed E-state index contributed by atoms with van der Waals surface area (Å²) in [6.07, 6.45) is 2.03. The predicted molar refractivity (Wildman–Crippen MR) is 91.4 cm³/mol. The highest BCUT2D eigenvalue weighted by molar-refractivity contribution is 7.91. The van der Waals surface area contributed by atoms with E-state index in [1.54, 1.807) is 25.1 Å². The number of hydrogen-bond donors (Lipinski definition) is 0. The number of hydrogen-bond acceptors (Lipinski definition) is 5. The van der Waals surface area contributed by atoms with Crippen LogP contribution >= 0.6 is 0 Å². The van der Waals surface area contributed by atoms with Gasteiger partial charge in [-0.1, -0.05) is 0 Å². The third kappa shape index (κ3) is 3.19. The highest BCUT2D eigenvalue weighted by atomic mass is 32.2. The molecule has 0 N–H and O–H groups in total. The lowest BCUT2D eigenvalue weighted by molar-refractivity contribution is 0.173. The Labute approximate surface area is 143 Å². The molecular formula is C16H23NO5S2. The molecule has 1 atom stereocenters. The van der Waals surface area contributed by atoms with Gasteiger partial charge in [0.05, 0.1) is 23.5 Å². The second-order valence-corrected chi connectivity index (χ2v) is 11.0. The van der Waals surface area contributed by atoms with E-state index in [1.807, 2.05) is 0 Å². The maximum atomic E-state index is 13.0. The molecule has 2 fully saturated rings. The van der Waals surface area contributed by atoms with E-state index in [9.17, 15) is 16.8 Å². The van der Waals surface area contributed by atoms with Crippen molar-refractivity contribution in [3.05, 3.63) is 23.8 Å². The summed E-state index contributed by atoms with van der Waals surface area (Å²) < 4.78 is 56.4. The highest BCUT2D eigenvalue weighted by Crippen LogP contribution is 2.41. The number of rotatable bonds is 3. The van der Waals surface area contributed by atoms with Gasteiger partial charge in [-0.2, -0.15) is 4.31 Å². The molecule has 1 unspecified atom stereocenters. The zero-order valence-corrected chi connectivity index (χ0v) is 15.6. The quantitative estimate of drug-likeness (QED) is 0.804. The Kier molecular flexibility index (Phi) is 4.42. The first kappa shape index (κ1) is 17.7. The van der Waals surface area contributed by atoms with Gasteiger partial charge in [0.2, 0.25) is 10.0 Å². The van der Waals surface area contributed by atoms with Crippen LogP contribution in [0.2, 0.25) is 0 Å². The van der Waals surface area contributed by atoms with Gasteiger partial charge in [0.25, 0.3) is 0 Å². The molecule has 0 aromatic heterocycles. The molecule has 3 rings (SSSR count). The Hall–Kier alpha value is -1.12. The Bertz CT molecular complexity index is 847. The van der Waals surface area contributed by atoms with Crippen molar-refractivity contribution < 1.29 is 21.6 Å². The summed E-state index contributed by atoms with van der Waals surface area (Å²) in [6, 6.07) is 4.91. The minimum Gasteiger partial charge on any atom is -0.497 e. The van der Waals surface area contributed by atoms with Crippen LogP contribution in [0.15, 0.2) is 23.1 Å². The fourth-order valence-corrected chi connectivity index (χ4v) is 7.85. The molecular weight excluding hydrogens is 350 g/mol. The monoisotopic (exact) mass is 373 g/mol. The van der Waals surface area contributed by atoms with Crippen molar-refractivity contribution in [1.29, 1.82) is 0 Å². The molecule has 1 spiro atoms. The molecule has 134 valence electrons. The Morgan fingerprint density at radius 3 is 2.58 bits per heavy atom. The number of benzene rings is 1. The molecule has 0 radical (unpaired) electrons. The molecule has 0 amide bonds. The fraction of sp³-hybridized carbons (Fsp3) is 0.625. The summed E-state index contributed by atoms with van der Waals surface area (Å²) in [7, 11) is -5.14. The van der Waals surface area contributed by atoms with Gasteiger partial charge in [-0.3, -0.25) is 0 Å². The van der Waals surface area contributed by atoms with E-state index < -0.39 is 25.3 Å². The average Bonchev–Trinajstić information content (AvgIpc) is 2.81. The van der Waals surface area contributed by atoms with Crippen LogP contribution in [0.3, 0.4) is 0 Å². The van der Waals surface area contributed by atoms with E-state index in [0.717, 1.165) is 6.42 Å². The van der Waals surface area contributed by atoms with Crippen LogP contribution < -0.4 is 4.74 Å². The molecule has 0 bridgehead atoms. The minimum atomic E-state index is -3.64. The van der Waals surface area contributed by atoms with Crippen molar-refractivity contribution in [3.8, 4) is 5.75 Å². The summed E-state index contributed by atoms with van der Waals surface area (Å²) >= 11 is 0. The van der Waals surface area contributed by atoms with Gasteiger partial charge in [0.1, 0.15) is 5.75 Å². The summed E-state index contributed by atoms with van der Waals surface area (Å²) in [4.78, 5) is 0.265. The van der Waals surface area contributed by atoms with Gasteiger partial charge in [0, 0.05) is 13.1 Å². The summed E-state index contributed by atoms with van der Waals surface area (Å²) in [5.41, 5.74) is 0.220. The Morgan fingerprint density at radius 1 is 1.25 bits per heavy atom. The highest BCUT2D eigenvalue weighted by Gasteiger charge is 2.47. The van der Waals surface area contributed by atoms with Crippen LogP contribution in [-0.2, 0) is 19.9 Å². The number of piperidine rings is 1. The molecule has 0 aliphatic carbocycles. The van der Waals surface area contributed by atoms with Gasteiger partial charge in [-0.15, -0.1) is 0 Å². The SMILES string of the molecule is COc1ccc(S(=O)(=O)N2CCCC3(CCS(=O)(=O)C3)C2)c(C)c1. The minimum absolute atomic E-state index is 0.105. The summed E-state index contributed by atoms with van der Waals surface area (Å²) in [5, 5.41) is 0. The second kappa shape index (κ2) is 6.00. The number of aryl methyl sites for hydroxylation is 1. The van der Waals surface area contributed by atoms with Crippen LogP contribution in [0.1, 0.15) is 24.8 Å². The van der Waals surface area contributed by atoms with Gasteiger partial charge >= 0.3 is 0 Å². The average molecular weight is 373 g/mol. The van der Waals surface area contributed by atoms with E-state index >= 15 is 0 Å². The van der Waals surface area contributed by atoms with Crippen molar-refractivity contribution >= 4 is 19.9 Å². The molecule has 1 aromatic rings. The number of sulfonamides is 1. The zero-order chi connectivity index (χ0) is 17.6. The van der Waals surface area contributed by atoms with Gasteiger partial charge < -0.3 is 4.74 Å². The van der Waals surface area contributed by atoms with E-state index in [1.165, 1.54) is 11.4 Å². The molecule has 2 heterocycles. The van der Waals surface area contributed by atoms with Crippen LogP contribution in [0, 0.1) is 12.3 Å². The molecule has 2 aliphatic rings. The molecule has 2 saturated heterocycles. The van der Waals surface area contributed by atoms with Crippen LogP contribution in [0.25, 0.3) is 0 Å². The van der Waals surface area contributed by atoms with E-state index in [-0.39, 0.29) is 16.4 Å². The third-order valence-electron chi connectivity index (χ3n) is 5.10. The zero-order valence-electron chi connectivity index (χ0n) is 14.0. The Morgan fingerprint density at radius 2 is 2.00 bits per heavy atom. The van der Waals surface area contributed by atoms with Crippen LogP contribution in [-0.4, -0.2) is 52.8 Å². The lowest BCUT2D eigenvalue weighted by atomic mass is 9.80. The van der Waals surface area contributed by atoms with Crippen LogP contribution in [0.4, 0.5) is 0 Å². The maximum Gasteiger partial charge on any atom is 0.243 e. The molecule has 24 heavy (non-hydrogen) atoms. The van der Waals surface area contributed by atoms with Gasteiger partial charge in [0.15, 0.2) is 9.84 Å². The lowest BCUT2D eigenvalue weighted by Crippen LogP contribution is -2.46. The van der Waals surface area contributed by atoms with Crippen molar-refractivity contribution in [2.24, 2.45) is 5.41 Å². The molecule has 2 aliphatic heterocycles. The first-order valence-corrected chi connectivity index (χ1v) is 11.3. The van der Waals surface area contributed by atoms with Crippen molar-refractivity contribution in [2.45, 2.75) is 31.1 Å². The summed E-state index contributed by atoms with van der Waals surface area (Å²) in [6.45, 7) is 2.48. The Balaban J connectivity index is 1.90. The fourth-order valence-electron chi connectivity index (χ4n) is 3.85. The van der Waals surface area contributed by atoms with E-state index in [2.05, 4.69) is 0 Å². The topological polar surface area (TPSA) is 80.8 Å². The third-order valence-corrected chi connectivity index (χ3v) is 8.98. The van der Waals surface area contributed by atoms with Gasteiger partial charge in [-0.05, 0) is 55.4 Å².